The highest BCUT2D eigenvalue weighted by Crippen LogP contribution is 2.16. The van der Waals surface area contributed by atoms with E-state index in [4.69, 9.17) is 10.4 Å². The van der Waals surface area contributed by atoms with Crippen LogP contribution in [0.4, 0.5) is 5.69 Å². The lowest BCUT2D eigenvalue weighted by Crippen LogP contribution is -2.19. The van der Waals surface area contributed by atoms with Crippen LogP contribution in [-0.4, -0.2) is 17.6 Å². The van der Waals surface area contributed by atoms with Gasteiger partial charge in [0.05, 0.1) is 17.2 Å². The summed E-state index contributed by atoms with van der Waals surface area (Å²) in [5, 5.41) is 20.6. The number of aryl methyl sites for hydroxylation is 1. The number of carboxylic acid groups (broad SMARTS) is 1. The van der Waals surface area contributed by atoms with Crippen molar-refractivity contribution in [3.63, 3.8) is 0 Å². The Morgan fingerprint density at radius 1 is 1.62 bits per heavy atom. The van der Waals surface area contributed by atoms with E-state index in [9.17, 15) is 4.79 Å². The second kappa shape index (κ2) is 5.17. The van der Waals surface area contributed by atoms with E-state index in [-0.39, 0.29) is 0 Å². The van der Waals surface area contributed by atoms with E-state index in [2.05, 4.69) is 11.4 Å². The van der Waals surface area contributed by atoms with Gasteiger partial charge in [-0.2, -0.15) is 5.26 Å². The first-order valence-corrected chi connectivity index (χ1v) is 5.02. The Kier molecular flexibility index (Phi) is 3.90. The van der Waals surface area contributed by atoms with Gasteiger partial charge in [-0.25, -0.2) is 0 Å². The number of nitriles is 1. The van der Waals surface area contributed by atoms with Crippen LogP contribution in [0, 0.1) is 24.2 Å². The molecule has 0 heterocycles. The maximum Gasteiger partial charge on any atom is 0.308 e. The molecule has 4 heteroatoms. The Hall–Kier alpha value is -2.02. The highest BCUT2D eigenvalue weighted by Gasteiger charge is 2.11. The van der Waals surface area contributed by atoms with Crippen LogP contribution in [0.2, 0.25) is 0 Å². The van der Waals surface area contributed by atoms with Gasteiger partial charge in [0.1, 0.15) is 6.07 Å². The summed E-state index contributed by atoms with van der Waals surface area (Å²) in [6.45, 7) is 3.84. The van der Waals surface area contributed by atoms with Crippen LogP contribution in [0.3, 0.4) is 0 Å². The first-order chi connectivity index (χ1) is 7.54. The van der Waals surface area contributed by atoms with E-state index in [1.807, 2.05) is 13.0 Å². The molecule has 0 bridgehead atoms. The van der Waals surface area contributed by atoms with Gasteiger partial charge in [-0.1, -0.05) is 13.0 Å². The van der Waals surface area contributed by atoms with Crippen LogP contribution >= 0.6 is 0 Å². The highest BCUT2D eigenvalue weighted by molar-refractivity contribution is 5.70. The van der Waals surface area contributed by atoms with Gasteiger partial charge in [0.15, 0.2) is 0 Å². The molecule has 1 atom stereocenters. The second-order valence-corrected chi connectivity index (χ2v) is 3.78. The van der Waals surface area contributed by atoms with Gasteiger partial charge in [-0.05, 0) is 24.6 Å². The summed E-state index contributed by atoms with van der Waals surface area (Å²) in [6, 6.07) is 7.53. The molecule has 84 valence electrons. The zero-order valence-electron chi connectivity index (χ0n) is 9.32. The van der Waals surface area contributed by atoms with E-state index < -0.39 is 11.9 Å². The molecule has 0 saturated carbocycles. The zero-order valence-corrected chi connectivity index (χ0v) is 9.32. The summed E-state index contributed by atoms with van der Waals surface area (Å²) in [7, 11) is 0. The van der Waals surface area contributed by atoms with Crippen molar-refractivity contribution >= 4 is 11.7 Å². The Bertz CT molecular complexity index is 435. The minimum Gasteiger partial charge on any atom is -0.481 e. The quantitative estimate of drug-likeness (QED) is 0.810. The number of benzene rings is 1. The SMILES string of the molecule is Cc1ccc(NCC(C)C(=O)O)c(C#N)c1. The third-order valence-corrected chi connectivity index (χ3v) is 2.32. The van der Waals surface area contributed by atoms with Crippen LogP contribution in [-0.2, 0) is 4.79 Å². The van der Waals surface area contributed by atoms with Crippen LogP contribution in [0.1, 0.15) is 18.1 Å². The number of aliphatic carboxylic acids is 1. The van der Waals surface area contributed by atoms with Crippen LogP contribution < -0.4 is 5.32 Å². The maximum atomic E-state index is 10.6. The van der Waals surface area contributed by atoms with E-state index >= 15 is 0 Å². The molecule has 2 N–H and O–H groups in total. The largest absolute Gasteiger partial charge is 0.481 e. The number of nitrogens with zero attached hydrogens (tertiary/aromatic N) is 1. The van der Waals surface area contributed by atoms with Crippen molar-refractivity contribution in [1.82, 2.24) is 0 Å². The molecule has 0 aliphatic rings. The van der Waals surface area contributed by atoms with Crippen LogP contribution in [0.25, 0.3) is 0 Å². The normalized spacial score (nSPS) is 11.6. The molecule has 0 amide bonds. The summed E-state index contributed by atoms with van der Waals surface area (Å²) in [4.78, 5) is 10.6. The van der Waals surface area contributed by atoms with Crippen molar-refractivity contribution in [2.24, 2.45) is 5.92 Å². The van der Waals surface area contributed by atoms with Gasteiger partial charge in [0.25, 0.3) is 0 Å². The lowest BCUT2D eigenvalue weighted by molar-refractivity contribution is -0.140. The van der Waals surface area contributed by atoms with Gasteiger partial charge in [-0.15, -0.1) is 0 Å². The van der Waals surface area contributed by atoms with Crippen molar-refractivity contribution < 1.29 is 9.90 Å². The Morgan fingerprint density at radius 3 is 2.88 bits per heavy atom. The predicted octanol–water partition coefficient (Wildman–Crippen LogP) is 2.00. The maximum absolute atomic E-state index is 10.6. The number of carbonyl (C=O) groups is 1. The lowest BCUT2D eigenvalue weighted by atomic mass is 10.1. The number of rotatable bonds is 4. The molecule has 0 spiro atoms. The fourth-order valence-corrected chi connectivity index (χ4v) is 1.26. The second-order valence-electron chi connectivity index (χ2n) is 3.78. The first kappa shape index (κ1) is 12.1. The van der Waals surface area contributed by atoms with Gasteiger partial charge < -0.3 is 10.4 Å². The molecule has 0 radical (unpaired) electrons. The van der Waals surface area contributed by atoms with Crippen LogP contribution in [0.5, 0.6) is 0 Å². The van der Waals surface area contributed by atoms with Crippen molar-refractivity contribution in [1.29, 1.82) is 5.26 Å². The smallest absolute Gasteiger partial charge is 0.308 e. The van der Waals surface area contributed by atoms with Gasteiger partial charge in [-0.3, -0.25) is 4.79 Å². The van der Waals surface area contributed by atoms with Crippen molar-refractivity contribution in [2.45, 2.75) is 13.8 Å². The third-order valence-electron chi connectivity index (χ3n) is 2.32. The molecule has 16 heavy (non-hydrogen) atoms. The summed E-state index contributed by atoms with van der Waals surface area (Å²) >= 11 is 0. The van der Waals surface area contributed by atoms with Gasteiger partial charge >= 0.3 is 5.97 Å². The summed E-state index contributed by atoms with van der Waals surface area (Å²) in [5.41, 5.74) is 2.23. The van der Waals surface area contributed by atoms with E-state index in [0.717, 1.165) is 5.56 Å². The highest BCUT2D eigenvalue weighted by atomic mass is 16.4. The standard InChI is InChI=1S/C12H14N2O2/c1-8-3-4-11(10(5-8)6-13)14-7-9(2)12(15)16/h3-5,9,14H,7H2,1-2H3,(H,15,16). The summed E-state index contributed by atoms with van der Waals surface area (Å²) in [6.07, 6.45) is 0. The number of hydrogen-bond acceptors (Lipinski definition) is 3. The molecule has 1 rings (SSSR count). The van der Waals surface area contributed by atoms with Crippen LogP contribution in [0.15, 0.2) is 18.2 Å². The minimum atomic E-state index is -0.849. The van der Waals surface area contributed by atoms with Gasteiger partial charge in [0, 0.05) is 6.54 Å². The van der Waals surface area contributed by atoms with Gasteiger partial charge in [0.2, 0.25) is 0 Å². The average Bonchev–Trinajstić information content (AvgIpc) is 2.26. The molecule has 0 aliphatic heterocycles. The molecule has 1 unspecified atom stereocenters. The Labute approximate surface area is 94.5 Å². The minimum absolute atomic E-state index is 0.313. The lowest BCUT2D eigenvalue weighted by Gasteiger charge is -2.11. The average molecular weight is 218 g/mol. The van der Waals surface area contributed by atoms with Crippen molar-refractivity contribution in [3.8, 4) is 6.07 Å². The molecular weight excluding hydrogens is 204 g/mol. The number of carboxylic acids is 1. The molecule has 0 aromatic heterocycles. The summed E-state index contributed by atoms with van der Waals surface area (Å²) in [5.74, 6) is -1.33. The first-order valence-electron chi connectivity index (χ1n) is 5.02. The van der Waals surface area contributed by atoms with E-state index in [1.54, 1.807) is 19.1 Å². The zero-order chi connectivity index (χ0) is 12.1. The topological polar surface area (TPSA) is 73.1 Å². The fourth-order valence-electron chi connectivity index (χ4n) is 1.26. The van der Waals surface area contributed by atoms with Crippen molar-refractivity contribution in [2.75, 3.05) is 11.9 Å². The molecular formula is C12H14N2O2. The van der Waals surface area contributed by atoms with E-state index in [1.165, 1.54) is 0 Å². The molecule has 0 aliphatic carbocycles. The Balaban J connectivity index is 2.75. The number of nitrogens with one attached hydrogen (secondary N) is 1. The molecule has 4 nitrogen and oxygen atoms in total. The predicted molar refractivity (Wildman–Crippen MR) is 61.2 cm³/mol. The molecule has 1 aromatic rings. The Morgan fingerprint density at radius 2 is 2.31 bits per heavy atom. The molecule has 0 fully saturated rings. The number of hydrogen-bond donors (Lipinski definition) is 2. The monoisotopic (exact) mass is 218 g/mol. The molecule has 1 aromatic carbocycles. The van der Waals surface area contributed by atoms with Crippen molar-refractivity contribution in [3.05, 3.63) is 29.3 Å². The third kappa shape index (κ3) is 2.99. The van der Waals surface area contributed by atoms with E-state index in [0.29, 0.717) is 17.8 Å². The number of anilines is 1. The molecule has 0 saturated heterocycles. The summed E-state index contributed by atoms with van der Waals surface area (Å²) < 4.78 is 0. The fraction of sp³-hybridized carbons (Fsp3) is 0.333.